The van der Waals surface area contributed by atoms with Crippen molar-refractivity contribution in [1.82, 2.24) is 0 Å². The van der Waals surface area contributed by atoms with Gasteiger partial charge in [0, 0.05) is 34.7 Å². The number of nitrogens with one attached hydrogen (secondary N) is 2. The van der Waals surface area contributed by atoms with Gasteiger partial charge in [-0.05, 0) is 55.5 Å². The molecular weight excluding hydrogens is 360 g/mol. The molecule has 0 unspecified atom stereocenters. The van der Waals surface area contributed by atoms with E-state index in [-0.39, 0.29) is 28.8 Å². The summed E-state index contributed by atoms with van der Waals surface area (Å²) in [5, 5.41) is 5.27. The lowest BCUT2D eigenvalue weighted by atomic mass is 10.1. The molecule has 0 fully saturated rings. The van der Waals surface area contributed by atoms with Crippen LogP contribution in [0.4, 0.5) is 11.4 Å². The number of anilines is 2. The Balaban J connectivity index is 1.98. The lowest BCUT2D eigenvalue weighted by molar-refractivity contribution is -0.119. The fourth-order valence-electron chi connectivity index (χ4n) is 2.32. The van der Waals surface area contributed by atoms with Crippen molar-refractivity contribution in [2.75, 3.05) is 10.6 Å². The molecule has 0 aliphatic carbocycles. The van der Waals surface area contributed by atoms with E-state index in [1.54, 1.807) is 24.3 Å². The van der Waals surface area contributed by atoms with Crippen molar-refractivity contribution in [3.05, 3.63) is 54.1 Å². The number of Topliss-reactive ketones (excluding diaryl/α,β-unsaturated/α-hetero) is 1. The van der Waals surface area contributed by atoms with Crippen molar-refractivity contribution >= 4 is 40.7 Å². The summed E-state index contributed by atoms with van der Waals surface area (Å²) in [5.74, 6) is -0.250. The molecule has 2 aromatic rings. The van der Waals surface area contributed by atoms with Gasteiger partial charge in [-0.3, -0.25) is 14.4 Å². The summed E-state index contributed by atoms with van der Waals surface area (Å²) in [4.78, 5) is 36.4. The molecule has 27 heavy (non-hydrogen) atoms. The van der Waals surface area contributed by atoms with E-state index in [1.165, 1.54) is 18.7 Å². The van der Waals surface area contributed by atoms with Gasteiger partial charge in [-0.25, -0.2) is 0 Å². The zero-order valence-electron chi connectivity index (χ0n) is 15.9. The van der Waals surface area contributed by atoms with Gasteiger partial charge in [0.25, 0.3) is 0 Å². The highest BCUT2D eigenvalue weighted by Crippen LogP contribution is 2.27. The van der Waals surface area contributed by atoms with Crippen LogP contribution in [0.5, 0.6) is 0 Å². The van der Waals surface area contributed by atoms with Crippen LogP contribution in [0.2, 0.25) is 0 Å². The fraction of sp³-hybridized carbons (Fsp3) is 0.286. The van der Waals surface area contributed by atoms with Crippen LogP contribution < -0.4 is 10.6 Å². The number of carbonyl (C=O) groups is 3. The zero-order valence-corrected chi connectivity index (χ0v) is 16.7. The van der Waals surface area contributed by atoms with Crippen molar-refractivity contribution in [1.29, 1.82) is 0 Å². The zero-order chi connectivity index (χ0) is 20.0. The van der Waals surface area contributed by atoms with Gasteiger partial charge in [-0.2, -0.15) is 0 Å². The molecule has 2 rings (SSSR count). The van der Waals surface area contributed by atoms with Crippen molar-refractivity contribution < 1.29 is 14.4 Å². The standard InChI is InChI=1S/C21H24N2O3S/c1-13(2)21(26)23-18-7-5-16(6-8-18)20(25)14(3)27-19-11-9-17(10-12-19)22-15(4)24/h5-14H,1-4H3,(H,22,24)(H,23,26)/t14-/m0/s1. The Morgan fingerprint density at radius 2 is 1.33 bits per heavy atom. The van der Waals surface area contributed by atoms with Gasteiger partial charge >= 0.3 is 0 Å². The van der Waals surface area contributed by atoms with E-state index in [9.17, 15) is 14.4 Å². The molecule has 0 bridgehead atoms. The third-order valence-electron chi connectivity index (χ3n) is 3.82. The van der Waals surface area contributed by atoms with Crippen LogP contribution in [-0.2, 0) is 9.59 Å². The highest BCUT2D eigenvalue weighted by atomic mass is 32.2. The van der Waals surface area contributed by atoms with E-state index < -0.39 is 0 Å². The summed E-state index contributed by atoms with van der Waals surface area (Å²) in [6.07, 6.45) is 0. The highest BCUT2D eigenvalue weighted by Gasteiger charge is 2.17. The summed E-state index contributed by atoms with van der Waals surface area (Å²) in [6.45, 7) is 6.98. The molecule has 142 valence electrons. The summed E-state index contributed by atoms with van der Waals surface area (Å²) < 4.78 is 0. The normalized spacial score (nSPS) is 11.7. The molecule has 2 N–H and O–H groups in total. The van der Waals surface area contributed by atoms with Gasteiger partial charge in [0.15, 0.2) is 5.78 Å². The Bertz CT molecular complexity index is 814. The number of carbonyl (C=O) groups excluding carboxylic acids is 3. The fourth-order valence-corrected chi connectivity index (χ4v) is 3.26. The minimum absolute atomic E-state index is 0.0210. The SMILES string of the molecule is CC(=O)Nc1ccc(S[C@@H](C)C(=O)c2ccc(NC(=O)C(C)C)cc2)cc1. The Kier molecular flexibility index (Phi) is 7.19. The van der Waals surface area contributed by atoms with Crippen LogP contribution in [0, 0.1) is 5.92 Å². The van der Waals surface area contributed by atoms with Crippen LogP contribution in [0.3, 0.4) is 0 Å². The second kappa shape index (κ2) is 9.37. The third kappa shape index (κ3) is 6.25. The summed E-state index contributed by atoms with van der Waals surface area (Å²) in [5.41, 5.74) is 2.01. The van der Waals surface area contributed by atoms with E-state index >= 15 is 0 Å². The Morgan fingerprint density at radius 1 is 0.815 bits per heavy atom. The van der Waals surface area contributed by atoms with Crippen molar-refractivity contribution in [3.63, 3.8) is 0 Å². The minimum Gasteiger partial charge on any atom is -0.326 e. The predicted octanol–water partition coefficient (Wildman–Crippen LogP) is 4.60. The first-order valence-electron chi connectivity index (χ1n) is 8.75. The monoisotopic (exact) mass is 384 g/mol. The maximum Gasteiger partial charge on any atom is 0.226 e. The van der Waals surface area contributed by atoms with E-state index in [2.05, 4.69) is 10.6 Å². The Hall–Kier alpha value is -2.60. The molecule has 0 spiro atoms. The van der Waals surface area contributed by atoms with E-state index in [0.717, 1.165) is 10.6 Å². The largest absolute Gasteiger partial charge is 0.326 e. The highest BCUT2D eigenvalue weighted by molar-refractivity contribution is 8.00. The van der Waals surface area contributed by atoms with Crippen LogP contribution >= 0.6 is 11.8 Å². The van der Waals surface area contributed by atoms with Gasteiger partial charge < -0.3 is 10.6 Å². The minimum atomic E-state index is -0.257. The molecule has 0 aromatic heterocycles. The average molecular weight is 385 g/mol. The molecule has 5 nitrogen and oxygen atoms in total. The Labute approximate surface area is 163 Å². The third-order valence-corrected chi connectivity index (χ3v) is 4.93. The van der Waals surface area contributed by atoms with Crippen LogP contribution in [0.15, 0.2) is 53.4 Å². The Morgan fingerprint density at radius 3 is 1.85 bits per heavy atom. The van der Waals surface area contributed by atoms with Crippen LogP contribution in [0.1, 0.15) is 38.1 Å². The number of hydrogen-bond donors (Lipinski definition) is 2. The molecule has 6 heteroatoms. The lowest BCUT2D eigenvalue weighted by Crippen LogP contribution is -2.18. The first kappa shape index (κ1) is 20.7. The number of ketones is 1. The van der Waals surface area contributed by atoms with Crippen LogP contribution in [-0.4, -0.2) is 22.8 Å². The molecule has 0 heterocycles. The predicted molar refractivity (Wildman–Crippen MR) is 110 cm³/mol. The molecule has 0 saturated carbocycles. The maximum atomic E-state index is 12.6. The lowest BCUT2D eigenvalue weighted by Gasteiger charge is -2.12. The maximum absolute atomic E-state index is 12.6. The second-order valence-electron chi connectivity index (χ2n) is 6.55. The molecule has 0 aliphatic rings. The summed E-state index contributed by atoms with van der Waals surface area (Å²) in [7, 11) is 0. The van der Waals surface area contributed by atoms with Gasteiger partial charge in [-0.15, -0.1) is 11.8 Å². The average Bonchev–Trinajstić information content (AvgIpc) is 2.62. The quantitative estimate of drug-likeness (QED) is 0.540. The molecule has 2 amide bonds. The van der Waals surface area contributed by atoms with Gasteiger partial charge in [0.05, 0.1) is 5.25 Å². The number of thioether (sulfide) groups is 1. The van der Waals surface area contributed by atoms with Crippen molar-refractivity contribution in [3.8, 4) is 0 Å². The first-order chi connectivity index (χ1) is 12.8. The number of amides is 2. The van der Waals surface area contributed by atoms with Crippen molar-refractivity contribution in [2.24, 2.45) is 5.92 Å². The number of benzene rings is 2. The van der Waals surface area contributed by atoms with Gasteiger partial charge in [0.2, 0.25) is 11.8 Å². The summed E-state index contributed by atoms with van der Waals surface area (Å²) >= 11 is 1.46. The van der Waals surface area contributed by atoms with E-state index in [1.807, 2.05) is 45.0 Å². The van der Waals surface area contributed by atoms with Crippen molar-refractivity contribution in [2.45, 2.75) is 37.8 Å². The molecule has 2 aromatic carbocycles. The molecule has 0 radical (unpaired) electrons. The van der Waals surface area contributed by atoms with Crippen LogP contribution in [0.25, 0.3) is 0 Å². The molecule has 0 saturated heterocycles. The molecule has 1 atom stereocenters. The topological polar surface area (TPSA) is 75.3 Å². The summed E-state index contributed by atoms with van der Waals surface area (Å²) in [6, 6.07) is 14.3. The molecular formula is C21H24N2O3S. The second-order valence-corrected chi connectivity index (χ2v) is 7.97. The van der Waals surface area contributed by atoms with Gasteiger partial charge in [-0.1, -0.05) is 13.8 Å². The van der Waals surface area contributed by atoms with E-state index in [0.29, 0.717) is 11.3 Å². The number of rotatable bonds is 7. The molecule has 0 aliphatic heterocycles. The van der Waals surface area contributed by atoms with E-state index in [4.69, 9.17) is 0 Å². The number of hydrogen-bond acceptors (Lipinski definition) is 4. The first-order valence-corrected chi connectivity index (χ1v) is 9.63. The smallest absolute Gasteiger partial charge is 0.226 e. The van der Waals surface area contributed by atoms with Gasteiger partial charge in [0.1, 0.15) is 0 Å².